The first-order chi connectivity index (χ1) is 9.61. The average molecular weight is 271 g/mol. The van der Waals surface area contributed by atoms with Crippen LogP contribution >= 0.6 is 0 Å². The zero-order valence-electron chi connectivity index (χ0n) is 11.7. The predicted octanol–water partition coefficient (Wildman–Crippen LogP) is 1.26. The molecule has 0 fully saturated rings. The zero-order chi connectivity index (χ0) is 14.3. The molecule has 0 bridgehead atoms. The lowest BCUT2D eigenvalue weighted by Crippen LogP contribution is -2.15. The SMILES string of the molecule is CCCn1nc(C(N)=O)c2c1-c1nc(C)ncc1CC2. The average Bonchev–Trinajstić information content (AvgIpc) is 2.78. The minimum atomic E-state index is -0.467. The van der Waals surface area contributed by atoms with Gasteiger partial charge in [-0.15, -0.1) is 0 Å². The molecule has 0 saturated carbocycles. The third-order valence-electron chi connectivity index (χ3n) is 3.57. The lowest BCUT2D eigenvalue weighted by atomic mass is 9.93. The van der Waals surface area contributed by atoms with Crippen molar-refractivity contribution in [3.8, 4) is 11.4 Å². The predicted molar refractivity (Wildman–Crippen MR) is 74.2 cm³/mol. The molecule has 2 heterocycles. The number of hydrogen-bond donors (Lipinski definition) is 1. The summed E-state index contributed by atoms with van der Waals surface area (Å²) in [4.78, 5) is 20.4. The van der Waals surface area contributed by atoms with Gasteiger partial charge < -0.3 is 5.73 Å². The van der Waals surface area contributed by atoms with E-state index in [1.165, 1.54) is 0 Å². The summed E-state index contributed by atoms with van der Waals surface area (Å²) in [5.41, 5.74) is 9.70. The van der Waals surface area contributed by atoms with E-state index in [2.05, 4.69) is 22.0 Å². The van der Waals surface area contributed by atoms with Crippen molar-refractivity contribution < 1.29 is 4.79 Å². The fourth-order valence-corrected chi connectivity index (χ4v) is 2.72. The van der Waals surface area contributed by atoms with Crippen LogP contribution in [-0.2, 0) is 19.4 Å². The number of hydrogen-bond acceptors (Lipinski definition) is 4. The highest BCUT2D eigenvalue weighted by atomic mass is 16.1. The Morgan fingerprint density at radius 3 is 2.95 bits per heavy atom. The van der Waals surface area contributed by atoms with E-state index in [4.69, 9.17) is 5.73 Å². The first-order valence-electron chi connectivity index (χ1n) is 6.84. The van der Waals surface area contributed by atoms with Gasteiger partial charge in [0.25, 0.3) is 5.91 Å². The van der Waals surface area contributed by atoms with Gasteiger partial charge in [-0.25, -0.2) is 9.97 Å². The number of nitrogens with two attached hydrogens (primary N) is 1. The highest BCUT2D eigenvalue weighted by Crippen LogP contribution is 2.33. The van der Waals surface area contributed by atoms with E-state index in [1.54, 1.807) is 0 Å². The molecule has 1 aliphatic carbocycles. The lowest BCUT2D eigenvalue weighted by Gasteiger charge is -2.17. The number of rotatable bonds is 3. The van der Waals surface area contributed by atoms with Gasteiger partial charge in [-0.1, -0.05) is 6.92 Å². The summed E-state index contributed by atoms with van der Waals surface area (Å²) in [6.45, 7) is 4.69. The van der Waals surface area contributed by atoms with Crippen LogP contribution in [0.3, 0.4) is 0 Å². The first kappa shape index (κ1) is 12.8. The largest absolute Gasteiger partial charge is 0.364 e. The summed E-state index contributed by atoms with van der Waals surface area (Å²) < 4.78 is 1.86. The van der Waals surface area contributed by atoms with Gasteiger partial charge in [-0.05, 0) is 31.7 Å². The third-order valence-corrected chi connectivity index (χ3v) is 3.57. The number of carbonyl (C=O) groups excluding carboxylic acids is 1. The topological polar surface area (TPSA) is 86.7 Å². The molecule has 0 unspecified atom stereocenters. The number of amides is 1. The number of primary amides is 1. The fraction of sp³-hybridized carbons (Fsp3) is 0.429. The van der Waals surface area contributed by atoms with E-state index < -0.39 is 5.91 Å². The summed E-state index contributed by atoms with van der Waals surface area (Å²) in [6, 6.07) is 0. The fourth-order valence-electron chi connectivity index (χ4n) is 2.72. The van der Waals surface area contributed by atoms with Crippen LogP contribution < -0.4 is 5.73 Å². The van der Waals surface area contributed by atoms with Crippen molar-refractivity contribution >= 4 is 5.91 Å². The Balaban J connectivity index is 2.26. The molecule has 2 N–H and O–H groups in total. The van der Waals surface area contributed by atoms with E-state index in [0.717, 1.165) is 54.1 Å². The van der Waals surface area contributed by atoms with Crippen LogP contribution in [0.25, 0.3) is 11.4 Å². The van der Waals surface area contributed by atoms with Gasteiger partial charge >= 0.3 is 0 Å². The number of aryl methyl sites for hydroxylation is 3. The molecule has 3 rings (SSSR count). The van der Waals surface area contributed by atoms with Gasteiger partial charge in [0, 0.05) is 18.3 Å². The molecule has 104 valence electrons. The highest BCUT2D eigenvalue weighted by molar-refractivity contribution is 5.94. The molecule has 2 aromatic rings. The molecule has 0 aromatic carbocycles. The molecular formula is C14H17N5O. The van der Waals surface area contributed by atoms with E-state index in [9.17, 15) is 4.79 Å². The van der Waals surface area contributed by atoms with Crippen LogP contribution in [0.15, 0.2) is 6.20 Å². The third kappa shape index (κ3) is 1.88. The van der Waals surface area contributed by atoms with E-state index >= 15 is 0 Å². The summed E-state index contributed by atoms with van der Waals surface area (Å²) in [5, 5.41) is 4.39. The first-order valence-corrected chi connectivity index (χ1v) is 6.84. The molecule has 0 spiro atoms. The van der Waals surface area contributed by atoms with Crippen molar-refractivity contribution in [2.24, 2.45) is 5.73 Å². The standard InChI is InChI=1S/C14H17N5O/c1-3-6-19-13-10(12(18-19)14(15)20)5-4-9-7-16-8(2)17-11(9)13/h7H,3-6H2,1-2H3,(H2,15,20). The molecule has 0 radical (unpaired) electrons. The smallest absolute Gasteiger partial charge is 0.269 e. The minimum Gasteiger partial charge on any atom is -0.364 e. The second-order valence-electron chi connectivity index (χ2n) is 5.05. The second-order valence-corrected chi connectivity index (χ2v) is 5.05. The van der Waals surface area contributed by atoms with Crippen LogP contribution in [0.5, 0.6) is 0 Å². The number of carbonyl (C=O) groups is 1. The maximum Gasteiger partial charge on any atom is 0.269 e. The van der Waals surface area contributed by atoms with Crippen LogP contribution in [-0.4, -0.2) is 25.7 Å². The normalized spacial score (nSPS) is 12.9. The van der Waals surface area contributed by atoms with E-state index in [-0.39, 0.29) is 0 Å². The number of nitrogens with zero attached hydrogens (tertiary/aromatic N) is 4. The Labute approximate surface area is 117 Å². The Morgan fingerprint density at radius 1 is 1.45 bits per heavy atom. The molecule has 6 heteroatoms. The molecule has 0 atom stereocenters. The second kappa shape index (κ2) is 4.70. The van der Waals surface area contributed by atoms with Gasteiger partial charge in [-0.2, -0.15) is 5.10 Å². The molecule has 6 nitrogen and oxygen atoms in total. The molecular weight excluding hydrogens is 254 g/mol. The quantitative estimate of drug-likeness (QED) is 0.910. The molecule has 2 aromatic heterocycles. The Kier molecular flexibility index (Phi) is 3.00. The Morgan fingerprint density at radius 2 is 2.25 bits per heavy atom. The minimum absolute atomic E-state index is 0.385. The Hall–Kier alpha value is -2.24. The van der Waals surface area contributed by atoms with Gasteiger partial charge in [-0.3, -0.25) is 9.48 Å². The van der Waals surface area contributed by atoms with Gasteiger partial charge in [0.05, 0.1) is 11.4 Å². The van der Waals surface area contributed by atoms with Crippen molar-refractivity contribution in [1.82, 2.24) is 19.7 Å². The number of fused-ring (bicyclic) bond motifs is 3. The van der Waals surface area contributed by atoms with Crippen molar-refractivity contribution in [1.29, 1.82) is 0 Å². The molecule has 0 saturated heterocycles. The van der Waals surface area contributed by atoms with Crippen molar-refractivity contribution in [3.05, 3.63) is 28.8 Å². The summed E-state index contributed by atoms with van der Waals surface area (Å²) in [6.07, 6.45) is 4.39. The molecule has 0 aliphatic heterocycles. The maximum atomic E-state index is 11.6. The molecule has 1 amide bonds. The van der Waals surface area contributed by atoms with Crippen LogP contribution in [0.1, 0.15) is 40.8 Å². The van der Waals surface area contributed by atoms with E-state index in [1.807, 2.05) is 17.8 Å². The van der Waals surface area contributed by atoms with Crippen LogP contribution in [0.2, 0.25) is 0 Å². The lowest BCUT2D eigenvalue weighted by molar-refractivity contribution is 0.0994. The monoisotopic (exact) mass is 271 g/mol. The van der Waals surface area contributed by atoms with Crippen LogP contribution in [0.4, 0.5) is 0 Å². The number of aromatic nitrogens is 4. The van der Waals surface area contributed by atoms with Crippen molar-refractivity contribution in [2.75, 3.05) is 0 Å². The molecule has 1 aliphatic rings. The highest BCUT2D eigenvalue weighted by Gasteiger charge is 2.28. The van der Waals surface area contributed by atoms with Crippen LogP contribution in [0, 0.1) is 6.92 Å². The maximum absolute atomic E-state index is 11.6. The zero-order valence-corrected chi connectivity index (χ0v) is 11.7. The molecule has 20 heavy (non-hydrogen) atoms. The Bertz CT molecular complexity index is 689. The summed E-state index contributed by atoms with van der Waals surface area (Å²) in [7, 11) is 0. The van der Waals surface area contributed by atoms with E-state index in [0.29, 0.717) is 5.69 Å². The summed E-state index contributed by atoms with van der Waals surface area (Å²) >= 11 is 0. The van der Waals surface area contributed by atoms with Crippen molar-refractivity contribution in [2.45, 2.75) is 39.7 Å². The van der Waals surface area contributed by atoms with Gasteiger partial charge in [0.1, 0.15) is 5.82 Å². The van der Waals surface area contributed by atoms with Crippen molar-refractivity contribution in [3.63, 3.8) is 0 Å². The van der Waals surface area contributed by atoms with Gasteiger partial charge in [0.15, 0.2) is 5.69 Å². The van der Waals surface area contributed by atoms with Gasteiger partial charge in [0.2, 0.25) is 0 Å². The summed E-state index contributed by atoms with van der Waals surface area (Å²) in [5.74, 6) is 0.256.